The lowest BCUT2D eigenvalue weighted by Gasteiger charge is -2.35. The molecule has 0 saturated carbocycles. The summed E-state index contributed by atoms with van der Waals surface area (Å²) in [6.07, 6.45) is -2.13. The molecule has 9 heteroatoms. The molecule has 36 heavy (non-hydrogen) atoms. The van der Waals surface area contributed by atoms with Gasteiger partial charge in [-0.25, -0.2) is 0 Å². The lowest BCUT2D eigenvalue weighted by atomic mass is 9.90. The van der Waals surface area contributed by atoms with Crippen LogP contribution in [0, 0.1) is 11.8 Å². The summed E-state index contributed by atoms with van der Waals surface area (Å²) < 4.78 is 40.9. The molecule has 6 nitrogen and oxygen atoms in total. The largest absolute Gasteiger partial charge is 0.573 e. The molecule has 1 unspecified atom stereocenters. The Morgan fingerprint density at radius 2 is 1.61 bits per heavy atom. The first-order valence-corrected chi connectivity index (χ1v) is 12.6. The predicted octanol–water partition coefficient (Wildman–Crippen LogP) is 4.19. The first-order valence-electron chi connectivity index (χ1n) is 12.6. The van der Waals surface area contributed by atoms with E-state index in [1.807, 2.05) is 18.2 Å². The molecule has 0 aromatic heterocycles. The van der Waals surface area contributed by atoms with Crippen LogP contribution in [0.1, 0.15) is 31.2 Å². The minimum atomic E-state index is -4.71. The van der Waals surface area contributed by atoms with Gasteiger partial charge in [-0.05, 0) is 74.5 Å². The van der Waals surface area contributed by atoms with Crippen LogP contribution in [0.4, 0.5) is 18.9 Å². The van der Waals surface area contributed by atoms with Crippen LogP contribution in [0.3, 0.4) is 0 Å². The number of hydrogen-bond donors (Lipinski definition) is 2. The number of carbonyl (C=O) groups is 1. The molecule has 1 amide bonds. The Morgan fingerprint density at radius 1 is 0.972 bits per heavy atom. The Bertz CT molecular complexity index is 956. The molecule has 2 saturated heterocycles. The van der Waals surface area contributed by atoms with Crippen molar-refractivity contribution >= 4 is 11.6 Å². The van der Waals surface area contributed by atoms with Crippen molar-refractivity contribution in [2.45, 2.75) is 44.7 Å². The zero-order valence-corrected chi connectivity index (χ0v) is 20.3. The zero-order valence-electron chi connectivity index (χ0n) is 20.3. The monoisotopic (exact) mass is 505 g/mol. The van der Waals surface area contributed by atoms with Gasteiger partial charge in [-0.2, -0.15) is 0 Å². The number of piperidine rings is 2. The second kappa shape index (κ2) is 12.0. The molecule has 0 radical (unpaired) electrons. The maximum Gasteiger partial charge on any atom is 0.573 e. The van der Waals surface area contributed by atoms with Gasteiger partial charge in [0.25, 0.3) is 0 Å². The fourth-order valence-electron chi connectivity index (χ4n) is 5.11. The summed E-state index contributed by atoms with van der Waals surface area (Å²) in [5.74, 6) is -0.234. The molecule has 4 rings (SSSR count). The second-order valence-electron chi connectivity index (χ2n) is 9.71. The molecular weight excluding hydrogens is 471 g/mol. The van der Waals surface area contributed by atoms with Gasteiger partial charge in [0.05, 0.1) is 6.10 Å². The molecule has 2 aliphatic heterocycles. The van der Waals surface area contributed by atoms with Crippen molar-refractivity contribution in [1.29, 1.82) is 0 Å². The first kappa shape index (κ1) is 26.3. The number of benzene rings is 2. The normalized spacial score (nSPS) is 19.2. The molecule has 0 spiro atoms. The van der Waals surface area contributed by atoms with Gasteiger partial charge in [-0.3, -0.25) is 9.69 Å². The topological polar surface area (TPSA) is 65.0 Å². The van der Waals surface area contributed by atoms with Crippen molar-refractivity contribution in [3.05, 3.63) is 60.2 Å². The van der Waals surface area contributed by atoms with Gasteiger partial charge in [0.15, 0.2) is 0 Å². The fraction of sp³-hybridized carbons (Fsp3) is 0.519. The molecule has 1 atom stereocenters. The van der Waals surface area contributed by atoms with Gasteiger partial charge in [0.1, 0.15) is 5.75 Å². The summed E-state index contributed by atoms with van der Waals surface area (Å²) in [5.41, 5.74) is 2.10. The highest BCUT2D eigenvalue weighted by Gasteiger charge is 2.31. The lowest BCUT2D eigenvalue weighted by molar-refractivity contribution is -0.274. The van der Waals surface area contributed by atoms with Crippen molar-refractivity contribution in [3.8, 4) is 5.75 Å². The highest BCUT2D eigenvalue weighted by molar-refractivity contribution is 5.79. The summed E-state index contributed by atoms with van der Waals surface area (Å²) >= 11 is 0. The van der Waals surface area contributed by atoms with E-state index in [9.17, 15) is 23.1 Å². The fourth-order valence-corrected chi connectivity index (χ4v) is 5.11. The van der Waals surface area contributed by atoms with Crippen LogP contribution < -0.4 is 15.0 Å². The maximum atomic E-state index is 12.7. The molecule has 0 aliphatic carbocycles. The van der Waals surface area contributed by atoms with E-state index in [0.717, 1.165) is 38.2 Å². The van der Waals surface area contributed by atoms with E-state index in [4.69, 9.17) is 0 Å². The van der Waals surface area contributed by atoms with Crippen molar-refractivity contribution in [2.24, 2.45) is 11.8 Å². The summed E-state index contributed by atoms with van der Waals surface area (Å²) in [7, 11) is 0. The maximum absolute atomic E-state index is 12.7. The SMILES string of the molecule is O=C(NCC(O)C1CCN(Cc2ccccc2)CC1)C1CCN(c2ccc(OC(F)(F)F)cc2)CC1. The van der Waals surface area contributed by atoms with E-state index in [0.29, 0.717) is 25.9 Å². The Morgan fingerprint density at radius 3 is 2.22 bits per heavy atom. The van der Waals surface area contributed by atoms with Crippen molar-refractivity contribution in [2.75, 3.05) is 37.6 Å². The number of aliphatic hydroxyl groups is 1. The zero-order chi connectivity index (χ0) is 25.5. The van der Waals surface area contributed by atoms with Crippen molar-refractivity contribution in [3.63, 3.8) is 0 Å². The van der Waals surface area contributed by atoms with Crippen LogP contribution in [-0.2, 0) is 11.3 Å². The van der Waals surface area contributed by atoms with Gasteiger partial charge < -0.3 is 20.1 Å². The van der Waals surface area contributed by atoms with E-state index >= 15 is 0 Å². The molecule has 2 aliphatic rings. The molecule has 2 N–H and O–H groups in total. The minimum Gasteiger partial charge on any atom is -0.406 e. The quantitative estimate of drug-likeness (QED) is 0.563. The molecule has 2 fully saturated rings. The van der Waals surface area contributed by atoms with Gasteiger partial charge >= 0.3 is 6.36 Å². The average Bonchev–Trinajstić information content (AvgIpc) is 2.88. The van der Waals surface area contributed by atoms with E-state index in [-0.39, 0.29) is 30.0 Å². The Labute approximate surface area is 210 Å². The molecule has 2 aromatic rings. The summed E-state index contributed by atoms with van der Waals surface area (Å²) in [6.45, 7) is 4.34. The standard InChI is InChI=1S/C27H34F3N3O3/c28-27(29,30)36-24-8-6-23(7-9-24)33-16-12-22(13-17-33)26(35)31-18-25(34)21-10-14-32(15-11-21)19-20-4-2-1-3-5-20/h1-9,21-22,25,34H,10-19H2,(H,31,35). The Balaban J connectivity index is 1.15. The number of halogens is 3. The summed E-state index contributed by atoms with van der Waals surface area (Å²) in [4.78, 5) is 17.1. The third-order valence-electron chi connectivity index (χ3n) is 7.21. The molecule has 0 bridgehead atoms. The molecular formula is C27H34F3N3O3. The van der Waals surface area contributed by atoms with Crippen LogP contribution in [0.2, 0.25) is 0 Å². The van der Waals surface area contributed by atoms with E-state index in [1.54, 1.807) is 12.1 Å². The summed E-state index contributed by atoms with van der Waals surface area (Å²) in [5, 5.41) is 13.6. The first-order chi connectivity index (χ1) is 17.3. The number of alkyl halides is 3. The van der Waals surface area contributed by atoms with Gasteiger partial charge in [0, 0.05) is 37.8 Å². The number of nitrogens with one attached hydrogen (secondary N) is 1. The van der Waals surface area contributed by atoms with Crippen LogP contribution >= 0.6 is 0 Å². The van der Waals surface area contributed by atoms with Gasteiger partial charge in [0.2, 0.25) is 5.91 Å². The highest BCUT2D eigenvalue weighted by atomic mass is 19.4. The van der Waals surface area contributed by atoms with Crippen molar-refractivity contribution in [1.82, 2.24) is 10.2 Å². The van der Waals surface area contributed by atoms with Gasteiger partial charge in [-0.1, -0.05) is 30.3 Å². The number of rotatable bonds is 8. The second-order valence-corrected chi connectivity index (χ2v) is 9.71. The van der Waals surface area contributed by atoms with Crippen LogP contribution in [-0.4, -0.2) is 61.1 Å². The molecule has 2 aromatic carbocycles. The van der Waals surface area contributed by atoms with Gasteiger partial charge in [-0.15, -0.1) is 13.2 Å². The van der Waals surface area contributed by atoms with Crippen molar-refractivity contribution < 1.29 is 27.8 Å². The Kier molecular flexibility index (Phi) is 8.74. The number of aliphatic hydroxyl groups excluding tert-OH is 1. The number of anilines is 1. The number of hydrogen-bond acceptors (Lipinski definition) is 5. The smallest absolute Gasteiger partial charge is 0.406 e. The highest BCUT2D eigenvalue weighted by Crippen LogP contribution is 2.28. The molecule has 196 valence electrons. The average molecular weight is 506 g/mol. The number of carbonyl (C=O) groups excluding carboxylic acids is 1. The van der Waals surface area contributed by atoms with Crippen LogP contribution in [0.15, 0.2) is 54.6 Å². The lowest BCUT2D eigenvalue weighted by Crippen LogP contribution is -2.45. The van der Waals surface area contributed by atoms with Crippen LogP contribution in [0.5, 0.6) is 5.75 Å². The number of nitrogens with zero attached hydrogens (tertiary/aromatic N) is 2. The summed E-state index contributed by atoms with van der Waals surface area (Å²) in [6, 6.07) is 16.2. The Hall–Kier alpha value is -2.78. The predicted molar refractivity (Wildman–Crippen MR) is 132 cm³/mol. The number of ether oxygens (including phenoxy) is 1. The number of likely N-dealkylation sites (tertiary alicyclic amines) is 1. The van der Waals surface area contributed by atoms with E-state index in [1.165, 1.54) is 17.7 Å². The third kappa shape index (κ3) is 7.61. The molecule has 2 heterocycles. The third-order valence-corrected chi connectivity index (χ3v) is 7.21. The van der Waals surface area contributed by atoms with Crippen LogP contribution in [0.25, 0.3) is 0 Å². The van der Waals surface area contributed by atoms with E-state index < -0.39 is 12.5 Å². The number of amides is 1. The van der Waals surface area contributed by atoms with E-state index in [2.05, 4.69) is 32.0 Å². The minimum absolute atomic E-state index is 0.0378.